The third-order valence-corrected chi connectivity index (χ3v) is 5.93. The Hall–Kier alpha value is -1.36. The van der Waals surface area contributed by atoms with Crippen LogP contribution < -0.4 is 0 Å². The van der Waals surface area contributed by atoms with Gasteiger partial charge in [-0.15, -0.1) is 0 Å². The Morgan fingerprint density at radius 3 is 2.62 bits per heavy atom. The molecule has 1 saturated heterocycles. The van der Waals surface area contributed by atoms with E-state index in [9.17, 15) is 13.2 Å². The first kappa shape index (κ1) is 16.0. The molecule has 0 N–H and O–H groups in total. The molecule has 1 aromatic rings. The highest BCUT2D eigenvalue weighted by atomic mass is 32.2. The molecule has 1 fully saturated rings. The van der Waals surface area contributed by atoms with Crippen LogP contribution >= 0.6 is 0 Å². The van der Waals surface area contributed by atoms with Gasteiger partial charge in [0.2, 0.25) is 5.91 Å². The molecule has 2 rings (SSSR count). The van der Waals surface area contributed by atoms with Gasteiger partial charge in [0.05, 0.1) is 11.5 Å². The molecule has 0 saturated carbocycles. The van der Waals surface area contributed by atoms with Gasteiger partial charge in [0.15, 0.2) is 9.84 Å². The number of hydrogen-bond acceptors (Lipinski definition) is 3. The van der Waals surface area contributed by atoms with Gasteiger partial charge in [0.25, 0.3) is 0 Å². The van der Waals surface area contributed by atoms with Crippen molar-refractivity contribution < 1.29 is 13.2 Å². The smallest absolute Gasteiger partial charge is 0.223 e. The summed E-state index contributed by atoms with van der Waals surface area (Å²) in [5.41, 5.74) is 2.37. The van der Waals surface area contributed by atoms with Crippen LogP contribution in [0.4, 0.5) is 0 Å². The van der Waals surface area contributed by atoms with E-state index < -0.39 is 9.84 Å². The summed E-state index contributed by atoms with van der Waals surface area (Å²) < 4.78 is 23.1. The van der Waals surface area contributed by atoms with E-state index in [0.717, 1.165) is 0 Å². The lowest BCUT2D eigenvalue weighted by Gasteiger charge is -2.27. The van der Waals surface area contributed by atoms with Gasteiger partial charge < -0.3 is 4.90 Å². The van der Waals surface area contributed by atoms with E-state index in [-0.39, 0.29) is 23.5 Å². The van der Waals surface area contributed by atoms with Crippen molar-refractivity contribution in [2.24, 2.45) is 0 Å². The van der Waals surface area contributed by atoms with Crippen LogP contribution in [0.2, 0.25) is 0 Å². The van der Waals surface area contributed by atoms with Crippen LogP contribution in [0.5, 0.6) is 0 Å². The van der Waals surface area contributed by atoms with E-state index in [1.807, 2.05) is 38.1 Å². The Balaban J connectivity index is 1.97. The van der Waals surface area contributed by atoms with E-state index in [0.29, 0.717) is 25.8 Å². The number of benzene rings is 1. The summed E-state index contributed by atoms with van der Waals surface area (Å²) in [5, 5.41) is 0. The van der Waals surface area contributed by atoms with Crippen molar-refractivity contribution in [3.8, 4) is 0 Å². The lowest BCUT2D eigenvalue weighted by atomic mass is 10.0. The molecule has 0 aliphatic carbocycles. The Bertz CT molecular complexity index is 610. The molecule has 21 heavy (non-hydrogen) atoms. The van der Waals surface area contributed by atoms with E-state index in [2.05, 4.69) is 0 Å². The van der Waals surface area contributed by atoms with Crippen LogP contribution in [-0.4, -0.2) is 43.3 Å². The molecular formula is C16H23NO3S. The van der Waals surface area contributed by atoms with Crippen molar-refractivity contribution in [3.05, 3.63) is 35.4 Å². The Labute approximate surface area is 127 Å². The van der Waals surface area contributed by atoms with Gasteiger partial charge in [-0.25, -0.2) is 8.42 Å². The standard InChI is InChI=1S/C16H23NO3S/c1-3-17(15-10-11-21(19,20)12-15)16(18)9-8-14-7-5-4-6-13(14)2/h4-7,15H,3,8-12H2,1-2H3. The third kappa shape index (κ3) is 4.06. The number of rotatable bonds is 5. The summed E-state index contributed by atoms with van der Waals surface area (Å²) in [6, 6.07) is 7.92. The fourth-order valence-corrected chi connectivity index (χ4v) is 4.67. The molecule has 1 amide bonds. The Kier molecular flexibility index (Phi) is 5.04. The summed E-state index contributed by atoms with van der Waals surface area (Å²) in [7, 11) is -2.95. The fraction of sp³-hybridized carbons (Fsp3) is 0.562. The summed E-state index contributed by atoms with van der Waals surface area (Å²) in [6.45, 7) is 4.53. The quantitative estimate of drug-likeness (QED) is 0.835. The second kappa shape index (κ2) is 6.60. The molecule has 1 atom stereocenters. The Morgan fingerprint density at radius 2 is 2.05 bits per heavy atom. The van der Waals surface area contributed by atoms with Crippen LogP contribution in [0.1, 0.15) is 30.9 Å². The highest BCUT2D eigenvalue weighted by molar-refractivity contribution is 7.91. The van der Waals surface area contributed by atoms with Crippen LogP contribution in [-0.2, 0) is 21.1 Å². The topological polar surface area (TPSA) is 54.5 Å². The molecule has 5 heteroatoms. The van der Waals surface area contributed by atoms with E-state index >= 15 is 0 Å². The number of aryl methyl sites for hydroxylation is 2. The Morgan fingerprint density at radius 1 is 1.33 bits per heavy atom. The lowest BCUT2D eigenvalue weighted by molar-refractivity contribution is -0.132. The van der Waals surface area contributed by atoms with Gasteiger partial charge in [-0.3, -0.25) is 4.79 Å². The second-order valence-corrected chi connectivity index (χ2v) is 7.89. The maximum atomic E-state index is 12.4. The van der Waals surface area contributed by atoms with Crippen molar-refractivity contribution in [2.75, 3.05) is 18.1 Å². The zero-order valence-electron chi connectivity index (χ0n) is 12.7. The van der Waals surface area contributed by atoms with E-state index in [1.54, 1.807) is 4.90 Å². The average Bonchev–Trinajstić information content (AvgIpc) is 2.79. The van der Waals surface area contributed by atoms with Gasteiger partial charge in [-0.1, -0.05) is 24.3 Å². The van der Waals surface area contributed by atoms with E-state index in [1.165, 1.54) is 11.1 Å². The van der Waals surface area contributed by atoms with Gasteiger partial charge in [0.1, 0.15) is 0 Å². The summed E-state index contributed by atoms with van der Waals surface area (Å²) in [4.78, 5) is 14.1. The second-order valence-electron chi connectivity index (χ2n) is 5.66. The van der Waals surface area contributed by atoms with Crippen molar-refractivity contribution in [1.82, 2.24) is 4.90 Å². The first-order chi connectivity index (χ1) is 9.93. The highest BCUT2D eigenvalue weighted by Crippen LogP contribution is 2.19. The molecule has 1 aliphatic rings. The molecule has 0 radical (unpaired) electrons. The van der Waals surface area contributed by atoms with Crippen molar-refractivity contribution in [2.45, 2.75) is 39.2 Å². The summed E-state index contributed by atoms with van der Waals surface area (Å²) in [5.74, 6) is 0.388. The molecule has 1 unspecified atom stereocenters. The van der Waals surface area contributed by atoms with Crippen LogP contribution in [0, 0.1) is 6.92 Å². The number of hydrogen-bond donors (Lipinski definition) is 0. The maximum absolute atomic E-state index is 12.4. The molecule has 0 bridgehead atoms. The predicted octanol–water partition coefficient (Wildman–Crippen LogP) is 1.96. The fourth-order valence-electron chi connectivity index (χ4n) is 2.94. The average molecular weight is 309 g/mol. The largest absolute Gasteiger partial charge is 0.339 e. The zero-order valence-corrected chi connectivity index (χ0v) is 13.5. The van der Waals surface area contributed by atoms with Gasteiger partial charge in [-0.05, 0) is 37.8 Å². The number of amides is 1. The molecule has 1 aromatic carbocycles. The minimum absolute atomic E-state index is 0.0582. The van der Waals surface area contributed by atoms with Gasteiger partial charge >= 0.3 is 0 Å². The van der Waals surface area contributed by atoms with Crippen LogP contribution in [0.25, 0.3) is 0 Å². The van der Waals surface area contributed by atoms with Crippen molar-refractivity contribution in [3.63, 3.8) is 0 Å². The molecular weight excluding hydrogens is 286 g/mol. The number of carbonyl (C=O) groups is 1. The monoisotopic (exact) mass is 309 g/mol. The minimum Gasteiger partial charge on any atom is -0.339 e. The minimum atomic E-state index is -2.95. The van der Waals surface area contributed by atoms with Crippen LogP contribution in [0.15, 0.2) is 24.3 Å². The van der Waals surface area contributed by atoms with Crippen LogP contribution in [0.3, 0.4) is 0 Å². The maximum Gasteiger partial charge on any atom is 0.223 e. The molecule has 4 nitrogen and oxygen atoms in total. The first-order valence-corrected chi connectivity index (χ1v) is 9.29. The summed E-state index contributed by atoms with van der Waals surface area (Å²) in [6.07, 6.45) is 1.73. The number of carbonyl (C=O) groups excluding carboxylic acids is 1. The zero-order chi connectivity index (χ0) is 15.5. The molecule has 0 aromatic heterocycles. The molecule has 116 valence electrons. The van der Waals surface area contributed by atoms with Crippen molar-refractivity contribution >= 4 is 15.7 Å². The molecule has 1 aliphatic heterocycles. The van der Waals surface area contributed by atoms with Crippen molar-refractivity contribution in [1.29, 1.82) is 0 Å². The number of sulfone groups is 1. The lowest BCUT2D eigenvalue weighted by Crippen LogP contribution is -2.41. The number of nitrogens with zero attached hydrogens (tertiary/aromatic N) is 1. The SMILES string of the molecule is CCN(C(=O)CCc1ccccc1C)C1CCS(=O)(=O)C1. The van der Waals surface area contributed by atoms with E-state index in [4.69, 9.17) is 0 Å². The summed E-state index contributed by atoms with van der Waals surface area (Å²) >= 11 is 0. The van der Waals surface area contributed by atoms with Gasteiger partial charge in [-0.2, -0.15) is 0 Å². The normalized spacial score (nSPS) is 20.4. The third-order valence-electron chi connectivity index (χ3n) is 4.18. The predicted molar refractivity (Wildman–Crippen MR) is 83.9 cm³/mol. The highest BCUT2D eigenvalue weighted by Gasteiger charge is 2.33. The molecule has 1 heterocycles. The first-order valence-electron chi connectivity index (χ1n) is 7.47. The molecule has 0 spiro atoms. The van der Waals surface area contributed by atoms with Gasteiger partial charge in [0, 0.05) is 19.0 Å².